The fraction of sp³-hybridized carbons (Fsp3) is 0.625. The Morgan fingerprint density at radius 3 is 2.47 bits per heavy atom. The molecule has 0 bridgehead atoms. The topological polar surface area (TPSA) is 29.5 Å². The molecule has 0 saturated carbocycles. The fourth-order valence-electron chi connectivity index (χ4n) is 1.90. The van der Waals surface area contributed by atoms with Crippen LogP contribution in [0.2, 0.25) is 5.02 Å². The van der Waals surface area contributed by atoms with Crippen LogP contribution in [-0.4, -0.2) is 24.9 Å². The normalized spacial score (nSPS) is 12.9. The number of hydrogen-bond donors (Lipinski definition) is 1. The molecule has 2 nitrogen and oxygen atoms in total. The number of hydrogen-bond acceptors (Lipinski definition) is 2. The second-order valence-corrected chi connectivity index (χ2v) is 5.83. The zero-order valence-corrected chi connectivity index (χ0v) is 12.7. The summed E-state index contributed by atoms with van der Waals surface area (Å²) in [5.41, 5.74) is 1.10. The van der Waals surface area contributed by atoms with Crippen LogP contribution in [0.4, 0.5) is 0 Å². The number of rotatable bonds is 9. The highest BCUT2D eigenvalue weighted by atomic mass is 35.5. The third-order valence-corrected chi connectivity index (χ3v) is 3.60. The van der Waals surface area contributed by atoms with E-state index in [4.69, 9.17) is 16.3 Å². The third kappa shape index (κ3) is 6.95. The van der Waals surface area contributed by atoms with Gasteiger partial charge in [0.15, 0.2) is 0 Å². The molecule has 3 heteroatoms. The lowest BCUT2D eigenvalue weighted by atomic mass is 9.97. The predicted octanol–water partition coefficient (Wildman–Crippen LogP) is 3.94. The van der Waals surface area contributed by atoms with E-state index in [2.05, 4.69) is 13.8 Å². The molecule has 19 heavy (non-hydrogen) atoms. The van der Waals surface area contributed by atoms with E-state index in [1.165, 1.54) is 0 Å². The Balaban J connectivity index is 2.28. The predicted molar refractivity (Wildman–Crippen MR) is 80.6 cm³/mol. The standard InChI is InChI=1S/C16H25ClO2/c1-13(2)7-9-19-10-8-14(12-18)11-15-5-3-4-6-16(15)17/h3-6,13-14,18H,7-12H2,1-2H3. The molecule has 0 fully saturated rings. The molecule has 0 aliphatic rings. The smallest absolute Gasteiger partial charge is 0.0469 e. The van der Waals surface area contributed by atoms with Gasteiger partial charge < -0.3 is 9.84 Å². The Morgan fingerprint density at radius 2 is 1.84 bits per heavy atom. The van der Waals surface area contributed by atoms with Crippen molar-refractivity contribution in [3.05, 3.63) is 34.9 Å². The Bertz CT molecular complexity index is 352. The number of halogens is 1. The van der Waals surface area contributed by atoms with Crippen molar-refractivity contribution in [3.8, 4) is 0 Å². The first-order chi connectivity index (χ1) is 9.13. The minimum Gasteiger partial charge on any atom is -0.396 e. The third-order valence-electron chi connectivity index (χ3n) is 3.23. The van der Waals surface area contributed by atoms with Gasteiger partial charge in [-0.3, -0.25) is 0 Å². The van der Waals surface area contributed by atoms with Crippen LogP contribution in [0.3, 0.4) is 0 Å². The van der Waals surface area contributed by atoms with Crippen molar-refractivity contribution in [2.75, 3.05) is 19.8 Å². The Morgan fingerprint density at radius 1 is 1.16 bits per heavy atom. The molecule has 0 aliphatic heterocycles. The van der Waals surface area contributed by atoms with Gasteiger partial charge in [-0.15, -0.1) is 0 Å². The molecule has 0 saturated heterocycles. The highest BCUT2D eigenvalue weighted by molar-refractivity contribution is 6.31. The number of ether oxygens (including phenoxy) is 1. The van der Waals surface area contributed by atoms with E-state index in [0.29, 0.717) is 12.5 Å². The molecule has 0 spiro atoms. The molecule has 1 rings (SSSR count). The monoisotopic (exact) mass is 284 g/mol. The molecule has 0 aromatic heterocycles. The van der Waals surface area contributed by atoms with Gasteiger partial charge in [0.2, 0.25) is 0 Å². The summed E-state index contributed by atoms with van der Waals surface area (Å²) in [4.78, 5) is 0. The average Bonchev–Trinajstić information content (AvgIpc) is 2.39. The molecule has 108 valence electrons. The molecule has 0 amide bonds. The van der Waals surface area contributed by atoms with E-state index in [9.17, 15) is 5.11 Å². The summed E-state index contributed by atoms with van der Waals surface area (Å²) in [6.07, 6.45) is 2.78. The van der Waals surface area contributed by atoms with E-state index in [0.717, 1.165) is 36.5 Å². The van der Waals surface area contributed by atoms with E-state index in [-0.39, 0.29) is 12.5 Å². The van der Waals surface area contributed by atoms with Crippen LogP contribution in [0.25, 0.3) is 0 Å². The maximum atomic E-state index is 9.42. The van der Waals surface area contributed by atoms with E-state index >= 15 is 0 Å². The summed E-state index contributed by atoms with van der Waals surface area (Å²) in [6.45, 7) is 6.08. The maximum absolute atomic E-state index is 9.42. The lowest BCUT2D eigenvalue weighted by Crippen LogP contribution is -2.13. The maximum Gasteiger partial charge on any atom is 0.0469 e. The highest BCUT2D eigenvalue weighted by Crippen LogP contribution is 2.20. The molecule has 1 atom stereocenters. The summed E-state index contributed by atoms with van der Waals surface area (Å²) >= 11 is 6.13. The van der Waals surface area contributed by atoms with E-state index < -0.39 is 0 Å². The van der Waals surface area contributed by atoms with Gasteiger partial charge in [-0.25, -0.2) is 0 Å². The van der Waals surface area contributed by atoms with E-state index in [1.807, 2.05) is 24.3 Å². The minimum absolute atomic E-state index is 0.179. The Kier molecular flexibility index (Phi) is 8.11. The molecular formula is C16H25ClO2. The van der Waals surface area contributed by atoms with Crippen molar-refractivity contribution in [2.45, 2.75) is 33.1 Å². The largest absolute Gasteiger partial charge is 0.396 e. The molecule has 1 N–H and O–H groups in total. The number of benzene rings is 1. The molecule has 0 aliphatic carbocycles. The SMILES string of the molecule is CC(C)CCOCCC(CO)Cc1ccccc1Cl. The average molecular weight is 285 g/mol. The molecule has 1 unspecified atom stereocenters. The van der Waals surface area contributed by atoms with Gasteiger partial charge in [-0.05, 0) is 42.7 Å². The van der Waals surface area contributed by atoms with Crippen molar-refractivity contribution in [2.24, 2.45) is 11.8 Å². The van der Waals surface area contributed by atoms with E-state index in [1.54, 1.807) is 0 Å². The van der Waals surface area contributed by atoms with Crippen molar-refractivity contribution < 1.29 is 9.84 Å². The van der Waals surface area contributed by atoms with Crippen LogP contribution in [0, 0.1) is 11.8 Å². The highest BCUT2D eigenvalue weighted by Gasteiger charge is 2.10. The summed E-state index contributed by atoms with van der Waals surface area (Å²) in [6, 6.07) is 7.82. The van der Waals surface area contributed by atoms with Crippen molar-refractivity contribution in [1.82, 2.24) is 0 Å². The first-order valence-corrected chi connectivity index (χ1v) is 7.43. The Hall–Kier alpha value is -0.570. The van der Waals surface area contributed by atoms with Crippen LogP contribution >= 0.6 is 11.6 Å². The van der Waals surface area contributed by atoms with Crippen LogP contribution in [0.1, 0.15) is 32.3 Å². The van der Waals surface area contributed by atoms with Crippen LogP contribution in [0.5, 0.6) is 0 Å². The van der Waals surface area contributed by atoms with Gasteiger partial charge in [-0.2, -0.15) is 0 Å². The first-order valence-electron chi connectivity index (χ1n) is 7.05. The van der Waals surface area contributed by atoms with Crippen LogP contribution < -0.4 is 0 Å². The summed E-state index contributed by atoms with van der Waals surface area (Å²) in [5.74, 6) is 0.899. The van der Waals surface area contributed by atoms with Crippen molar-refractivity contribution in [1.29, 1.82) is 0 Å². The van der Waals surface area contributed by atoms with Gasteiger partial charge in [-0.1, -0.05) is 43.6 Å². The molecule has 1 aromatic carbocycles. The second kappa shape index (κ2) is 9.35. The van der Waals surface area contributed by atoms with Crippen LogP contribution in [0.15, 0.2) is 24.3 Å². The molecular weight excluding hydrogens is 260 g/mol. The van der Waals surface area contributed by atoms with Gasteiger partial charge in [0.05, 0.1) is 0 Å². The summed E-state index contributed by atoms with van der Waals surface area (Å²) < 4.78 is 5.60. The zero-order valence-electron chi connectivity index (χ0n) is 11.9. The van der Waals surface area contributed by atoms with Gasteiger partial charge >= 0.3 is 0 Å². The van der Waals surface area contributed by atoms with Gasteiger partial charge in [0.25, 0.3) is 0 Å². The molecule has 0 radical (unpaired) electrons. The zero-order chi connectivity index (χ0) is 14.1. The molecule has 1 aromatic rings. The van der Waals surface area contributed by atoms with Gasteiger partial charge in [0, 0.05) is 24.8 Å². The second-order valence-electron chi connectivity index (χ2n) is 5.43. The summed E-state index contributed by atoms with van der Waals surface area (Å²) in [5, 5.41) is 10.2. The number of aliphatic hydroxyl groups is 1. The first kappa shape index (κ1) is 16.5. The lowest BCUT2D eigenvalue weighted by Gasteiger charge is -2.15. The fourth-order valence-corrected chi connectivity index (χ4v) is 2.12. The van der Waals surface area contributed by atoms with Gasteiger partial charge in [0.1, 0.15) is 0 Å². The summed E-state index contributed by atoms with van der Waals surface area (Å²) in [7, 11) is 0. The van der Waals surface area contributed by atoms with Crippen molar-refractivity contribution in [3.63, 3.8) is 0 Å². The minimum atomic E-state index is 0.179. The quantitative estimate of drug-likeness (QED) is 0.696. The van der Waals surface area contributed by atoms with Crippen LogP contribution in [-0.2, 0) is 11.2 Å². The Labute approximate surface area is 121 Å². The number of aliphatic hydroxyl groups excluding tert-OH is 1. The lowest BCUT2D eigenvalue weighted by molar-refractivity contribution is 0.0984. The van der Waals surface area contributed by atoms with Crippen molar-refractivity contribution >= 4 is 11.6 Å². The molecule has 0 heterocycles.